The molecule has 1 unspecified atom stereocenters. The van der Waals surface area contributed by atoms with Crippen LogP contribution in [0.3, 0.4) is 0 Å². The van der Waals surface area contributed by atoms with Crippen LogP contribution in [0.1, 0.15) is 37.0 Å². The first-order valence-electron chi connectivity index (χ1n) is 6.50. The molecule has 3 nitrogen and oxygen atoms in total. The van der Waals surface area contributed by atoms with Crippen molar-refractivity contribution < 1.29 is 4.79 Å². The van der Waals surface area contributed by atoms with E-state index in [9.17, 15) is 4.79 Å². The van der Waals surface area contributed by atoms with E-state index in [1.807, 2.05) is 5.38 Å². The highest BCUT2D eigenvalue weighted by molar-refractivity contribution is 9.10. The van der Waals surface area contributed by atoms with Crippen molar-refractivity contribution in [3.05, 3.63) is 20.8 Å². The highest BCUT2D eigenvalue weighted by atomic mass is 79.9. The van der Waals surface area contributed by atoms with Crippen molar-refractivity contribution in [3.8, 4) is 0 Å². The third kappa shape index (κ3) is 4.37. The zero-order chi connectivity index (χ0) is 12.8. The van der Waals surface area contributed by atoms with Crippen LogP contribution in [0.5, 0.6) is 0 Å². The van der Waals surface area contributed by atoms with Crippen LogP contribution in [0.15, 0.2) is 15.9 Å². The lowest BCUT2D eigenvalue weighted by molar-refractivity contribution is -0.123. The number of rotatable bonds is 3. The molecule has 18 heavy (non-hydrogen) atoms. The van der Waals surface area contributed by atoms with Crippen LogP contribution in [-0.4, -0.2) is 18.5 Å². The van der Waals surface area contributed by atoms with Gasteiger partial charge in [-0.05, 0) is 41.4 Å². The van der Waals surface area contributed by atoms with E-state index in [0.717, 1.165) is 23.9 Å². The molecular weight excluding hydrogens is 312 g/mol. The van der Waals surface area contributed by atoms with Crippen LogP contribution in [0.4, 0.5) is 0 Å². The molecule has 1 aromatic heterocycles. The summed E-state index contributed by atoms with van der Waals surface area (Å²) in [6, 6.07) is 2.05. The van der Waals surface area contributed by atoms with Crippen molar-refractivity contribution in [3.63, 3.8) is 0 Å². The summed E-state index contributed by atoms with van der Waals surface area (Å²) >= 11 is 5.08. The van der Waals surface area contributed by atoms with E-state index in [4.69, 9.17) is 0 Å². The SMILES string of the molecule is O=C(NCc1cc(Br)cs1)C1CCCCCCN1. The quantitative estimate of drug-likeness (QED) is 0.894. The van der Waals surface area contributed by atoms with Gasteiger partial charge in [0.25, 0.3) is 0 Å². The van der Waals surface area contributed by atoms with Crippen LogP contribution in [0.25, 0.3) is 0 Å². The zero-order valence-corrected chi connectivity index (χ0v) is 12.8. The Labute approximate surface area is 120 Å². The topological polar surface area (TPSA) is 41.1 Å². The molecule has 1 aliphatic heterocycles. The first kappa shape index (κ1) is 14.0. The summed E-state index contributed by atoms with van der Waals surface area (Å²) in [5, 5.41) is 8.40. The van der Waals surface area contributed by atoms with Gasteiger partial charge in [0.05, 0.1) is 12.6 Å². The maximum Gasteiger partial charge on any atom is 0.237 e. The number of hydrogen-bond donors (Lipinski definition) is 2. The Kier molecular flexibility index (Phi) is 5.66. The van der Waals surface area contributed by atoms with Crippen LogP contribution >= 0.6 is 27.3 Å². The molecule has 1 atom stereocenters. The maximum absolute atomic E-state index is 12.1. The molecule has 0 bridgehead atoms. The molecule has 2 N–H and O–H groups in total. The predicted molar refractivity (Wildman–Crippen MR) is 78.7 cm³/mol. The zero-order valence-electron chi connectivity index (χ0n) is 10.4. The van der Waals surface area contributed by atoms with Crippen LogP contribution < -0.4 is 10.6 Å². The monoisotopic (exact) mass is 330 g/mol. The normalized spacial score (nSPS) is 21.1. The van der Waals surface area contributed by atoms with Gasteiger partial charge < -0.3 is 10.6 Å². The van der Waals surface area contributed by atoms with E-state index in [2.05, 4.69) is 32.6 Å². The lowest BCUT2D eigenvalue weighted by atomic mass is 10.0. The van der Waals surface area contributed by atoms with Crippen molar-refractivity contribution in [1.82, 2.24) is 10.6 Å². The lowest BCUT2D eigenvalue weighted by Crippen LogP contribution is -2.44. The van der Waals surface area contributed by atoms with Gasteiger partial charge in [0.15, 0.2) is 0 Å². The van der Waals surface area contributed by atoms with Gasteiger partial charge in [-0.25, -0.2) is 0 Å². The van der Waals surface area contributed by atoms with Crippen molar-refractivity contribution in [2.75, 3.05) is 6.54 Å². The first-order valence-corrected chi connectivity index (χ1v) is 8.17. The summed E-state index contributed by atoms with van der Waals surface area (Å²) in [6.45, 7) is 1.59. The summed E-state index contributed by atoms with van der Waals surface area (Å²) in [5.41, 5.74) is 0. The summed E-state index contributed by atoms with van der Waals surface area (Å²) < 4.78 is 1.08. The van der Waals surface area contributed by atoms with Gasteiger partial charge in [0, 0.05) is 14.7 Å². The summed E-state index contributed by atoms with van der Waals surface area (Å²) in [6.07, 6.45) is 5.82. The minimum atomic E-state index is -0.00583. The van der Waals surface area contributed by atoms with Gasteiger partial charge in [0.1, 0.15) is 0 Å². The Morgan fingerprint density at radius 1 is 1.44 bits per heavy atom. The summed E-state index contributed by atoms with van der Waals surface area (Å²) in [4.78, 5) is 13.2. The first-order chi connectivity index (χ1) is 8.75. The van der Waals surface area contributed by atoms with Crippen molar-refractivity contribution in [2.45, 2.75) is 44.7 Å². The maximum atomic E-state index is 12.1. The van der Waals surface area contributed by atoms with Crippen LogP contribution in [0.2, 0.25) is 0 Å². The largest absolute Gasteiger partial charge is 0.350 e. The van der Waals surface area contributed by atoms with Gasteiger partial charge in [-0.2, -0.15) is 0 Å². The summed E-state index contributed by atoms with van der Waals surface area (Å²) in [5.74, 6) is 0.140. The van der Waals surface area contributed by atoms with Crippen LogP contribution in [0, 0.1) is 0 Å². The molecule has 0 spiro atoms. The van der Waals surface area contributed by atoms with E-state index in [-0.39, 0.29) is 11.9 Å². The van der Waals surface area contributed by atoms with Gasteiger partial charge in [-0.1, -0.05) is 19.3 Å². The Morgan fingerprint density at radius 3 is 3.06 bits per heavy atom. The van der Waals surface area contributed by atoms with E-state index >= 15 is 0 Å². The molecule has 1 aliphatic rings. The lowest BCUT2D eigenvalue weighted by Gasteiger charge is -2.20. The van der Waals surface area contributed by atoms with Gasteiger partial charge in [-0.15, -0.1) is 11.3 Å². The molecule has 1 saturated heterocycles. The molecule has 1 amide bonds. The highest BCUT2D eigenvalue weighted by Gasteiger charge is 2.18. The summed E-state index contributed by atoms with van der Waals surface area (Å²) in [7, 11) is 0. The molecule has 0 radical (unpaired) electrons. The molecule has 100 valence electrons. The minimum Gasteiger partial charge on any atom is -0.350 e. The van der Waals surface area contributed by atoms with Crippen molar-refractivity contribution in [1.29, 1.82) is 0 Å². The fourth-order valence-corrected chi connectivity index (χ4v) is 3.56. The predicted octanol–water partition coefficient (Wildman–Crippen LogP) is 3.05. The van der Waals surface area contributed by atoms with E-state index in [1.54, 1.807) is 11.3 Å². The number of thiophene rings is 1. The third-order valence-corrected chi connectivity index (χ3v) is 4.88. The smallest absolute Gasteiger partial charge is 0.237 e. The second-order valence-electron chi connectivity index (χ2n) is 4.66. The van der Waals surface area contributed by atoms with E-state index in [1.165, 1.54) is 24.1 Å². The fraction of sp³-hybridized carbons (Fsp3) is 0.615. The molecule has 0 saturated carbocycles. The number of carbonyl (C=O) groups is 1. The Morgan fingerprint density at radius 2 is 2.28 bits per heavy atom. The molecule has 1 aromatic rings. The number of hydrogen-bond acceptors (Lipinski definition) is 3. The molecule has 0 aliphatic carbocycles. The fourth-order valence-electron chi connectivity index (χ4n) is 2.17. The average molecular weight is 331 g/mol. The van der Waals surface area contributed by atoms with Gasteiger partial charge in [-0.3, -0.25) is 4.79 Å². The third-order valence-electron chi connectivity index (χ3n) is 3.19. The molecule has 2 heterocycles. The van der Waals surface area contributed by atoms with Crippen molar-refractivity contribution >= 4 is 33.2 Å². The highest BCUT2D eigenvalue weighted by Crippen LogP contribution is 2.19. The molecule has 2 rings (SSSR count). The second-order valence-corrected chi connectivity index (χ2v) is 6.57. The van der Waals surface area contributed by atoms with Crippen LogP contribution in [-0.2, 0) is 11.3 Å². The average Bonchev–Trinajstić information content (AvgIpc) is 2.72. The van der Waals surface area contributed by atoms with E-state index < -0.39 is 0 Å². The second kappa shape index (κ2) is 7.26. The van der Waals surface area contributed by atoms with Crippen molar-refractivity contribution in [2.24, 2.45) is 0 Å². The molecule has 1 fully saturated rings. The number of halogens is 1. The number of nitrogens with one attached hydrogen (secondary N) is 2. The van der Waals surface area contributed by atoms with Gasteiger partial charge in [0.2, 0.25) is 5.91 Å². The Balaban J connectivity index is 1.79. The molecule has 5 heteroatoms. The Bertz CT molecular complexity index is 386. The number of carbonyl (C=O) groups excluding carboxylic acids is 1. The molecular formula is C13H19BrN2OS. The molecule has 0 aromatic carbocycles. The van der Waals surface area contributed by atoms with Gasteiger partial charge >= 0.3 is 0 Å². The number of amides is 1. The standard InChI is InChI=1S/C13H19BrN2OS/c14-10-7-11(18-9-10)8-16-13(17)12-5-3-1-2-4-6-15-12/h7,9,12,15H,1-6,8H2,(H,16,17). The minimum absolute atomic E-state index is 0.00583. The Hall–Kier alpha value is -0.390. The van der Waals surface area contributed by atoms with E-state index in [0.29, 0.717) is 6.54 Å².